The lowest BCUT2D eigenvalue weighted by molar-refractivity contribution is -0.121. The summed E-state index contributed by atoms with van der Waals surface area (Å²) in [6, 6.07) is 8.03. The van der Waals surface area contributed by atoms with Crippen LogP contribution in [0.1, 0.15) is 38.7 Å². The summed E-state index contributed by atoms with van der Waals surface area (Å²) in [7, 11) is 0. The maximum Gasteiger partial charge on any atom is 0.220 e. The van der Waals surface area contributed by atoms with E-state index in [4.69, 9.17) is 4.74 Å². The van der Waals surface area contributed by atoms with Gasteiger partial charge in [-0.2, -0.15) is 0 Å². The van der Waals surface area contributed by atoms with Gasteiger partial charge in [0, 0.05) is 26.1 Å². The van der Waals surface area contributed by atoms with Crippen LogP contribution in [0.2, 0.25) is 0 Å². The summed E-state index contributed by atoms with van der Waals surface area (Å²) in [6.45, 7) is 7.53. The number of carbonyl (C=O) groups excluding carboxylic acids is 1. The summed E-state index contributed by atoms with van der Waals surface area (Å²) in [6.07, 6.45) is 9.57. The van der Waals surface area contributed by atoms with E-state index < -0.39 is 0 Å². The van der Waals surface area contributed by atoms with Crippen LogP contribution >= 0.6 is 0 Å². The minimum atomic E-state index is 0.0771. The van der Waals surface area contributed by atoms with E-state index in [-0.39, 0.29) is 5.91 Å². The van der Waals surface area contributed by atoms with Crippen LogP contribution in [0.4, 0.5) is 5.69 Å². The molecule has 0 fully saturated rings. The first kappa shape index (κ1) is 21.8. The maximum absolute atomic E-state index is 11.9. The number of hydrogen-bond acceptors (Lipinski definition) is 4. The van der Waals surface area contributed by atoms with E-state index in [1.807, 2.05) is 17.1 Å². The van der Waals surface area contributed by atoms with E-state index in [0.29, 0.717) is 26.2 Å². The molecule has 1 aromatic carbocycles. The summed E-state index contributed by atoms with van der Waals surface area (Å²) in [5.74, 6) is 0.0771. The Hall–Kier alpha value is -2.47. The van der Waals surface area contributed by atoms with Gasteiger partial charge in [0.2, 0.25) is 5.91 Å². The second kappa shape index (κ2) is 12.8. The van der Waals surface area contributed by atoms with Crippen molar-refractivity contribution in [1.82, 2.24) is 10.3 Å². The maximum atomic E-state index is 11.9. The lowest BCUT2D eigenvalue weighted by atomic mass is 10.1. The lowest BCUT2D eigenvalue weighted by Crippen LogP contribution is -2.27. The Bertz CT molecular complexity index is 676. The Morgan fingerprint density at radius 3 is 2.68 bits per heavy atom. The summed E-state index contributed by atoms with van der Waals surface area (Å²) in [5.41, 5.74) is 3.26. The number of nitrogens with zero attached hydrogens (tertiary/aromatic N) is 3. The minimum Gasteiger partial charge on any atom is -0.375 e. The van der Waals surface area contributed by atoms with Gasteiger partial charge < -0.3 is 10.1 Å². The molecule has 2 rings (SSSR count). The first-order valence-corrected chi connectivity index (χ1v) is 10.2. The zero-order valence-corrected chi connectivity index (χ0v) is 17.1. The second-order valence-corrected chi connectivity index (χ2v) is 6.67. The van der Waals surface area contributed by atoms with Crippen LogP contribution < -0.4 is 5.32 Å². The van der Waals surface area contributed by atoms with Crippen molar-refractivity contribution in [3.05, 3.63) is 53.6 Å². The molecule has 0 unspecified atom stereocenters. The van der Waals surface area contributed by atoms with Gasteiger partial charge in [-0.1, -0.05) is 35.6 Å². The quantitative estimate of drug-likeness (QED) is 0.312. The zero-order valence-electron chi connectivity index (χ0n) is 17.1. The first-order valence-electron chi connectivity index (χ1n) is 10.2. The molecule has 0 saturated heterocycles. The van der Waals surface area contributed by atoms with Crippen LogP contribution in [0.5, 0.6) is 0 Å². The SMILES string of the molecule is CCN(CC)/N=N/c1ccc(CCCC(=O)NCCOCC2=CCC=C2)cc1. The monoisotopic (exact) mass is 384 g/mol. The van der Waals surface area contributed by atoms with Crippen LogP contribution in [0.3, 0.4) is 0 Å². The molecule has 0 atom stereocenters. The lowest BCUT2D eigenvalue weighted by Gasteiger charge is -2.11. The van der Waals surface area contributed by atoms with Gasteiger partial charge >= 0.3 is 0 Å². The normalized spacial score (nSPS) is 13.1. The number of nitrogens with one attached hydrogen (secondary N) is 1. The van der Waals surface area contributed by atoms with E-state index in [2.05, 4.69) is 59.9 Å². The molecule has 0 aliphatic heterocycles. The Kier molecular flexibility index (Phi) is 10.0. The third kappa shape index (κ3) is 8.48. The number of carbonyl (C=O) groups is 1. The van der Waals surface area contributed by atoms with Crippen LogP contribution in [0, 0.1) is 0 Å². The number of allylic oxidation sites excluding steroid dienone is 2. The van der Waals surface area contributed by atoms with Gasteiger partial charge in [0.25, 0.3) is 0 Å². The topological polar surface area (TPSA) is 66.3 Å². The van der Waals surface area contributed by atoms with Gasteiger partial charge in [-0.3, -0.25) is 9.80 Å². The summed E-state index contributed by atoms with van der Waals surface area (Å²) >= 11 is 0. The number of hydrogen-bond donors (Lipinski definition) is 1. The average molecular weight is 385 g/mol. The van der Waals surface area contributed by atoms with E-state index in [9.17, 15) is 4.79 Å². The Balaban J connectivity index is 1.56. The third-order valence-corrected chi connectivity index (χ3v) is 4.51. The number of aryl methyl sites for hydroxylation is 1. The Labute approximate surface area is 168 Å². The zero-order chi connectivity index (χ0) is 20.0. The molecule has 1 aromatic rings. The highest BCUT2D eigenvalue weighted by Crippen LogP contribution is 2.15. The van der Waals surface area contributed by atoms with E-state index in [0.717, 1.165) is 38.0 Å². The molecule has 6 heteroatoms. The van der Waals surface area contributed by atoms with Crippen molar-refractivity contribution in [2.24, 2.45) is 10.3 Å². The smallest absolute Gasteiger partial charge is 0.220 e. The molecule has 152 valence electrons. The molecule has 6 nitrogen and oxygen atoms in total. The molecular formula is C22H32N4O2. The minimum absolute atomic E-state index is 0.0771. The van der Waals surface area contributed by atoms with Crippen molar-refractivity contribution in [2.45, 2.75) is 39.5 Å². The highest BCUT2D eigenvalue weighted by Gasteiger charge is 2.03. The number of benzene rings is 1. The summed E-state index contributed by atoms with van der Waals surface area (Å²) < 4.78 is 5.55. The molecule has 1 aliphatic carbocycles. The van der Waals surface area contributed by atoms with Gasteiger partial charge in [0.15, 0.2) is 0 Å². The van der Waals surface area contributed by atoms with Crippen molar-refractivity contribution < 1.29 is 9.53 Å². The number of amides is 1. The average Bonchev–Trinajstić information content (AvgIpc) is 3.23. The molecule has 0 spiro atoms. The van der Waals surface area contributed by atoms with Gasteiger partial charge in [-0.05, 0) is 56.4 Å². The fraction of sp³-hybridized carbons (Fsp3) is 0.500. The van der Waals surface area contributed by atoms with Crippen LogP contribution in [0.25, 0.3) is 0 Å². The van der Waals surface area contributed by atoms with E-state index >= 15 is 0 Å². The molecule has 0 bridgehead atoms. The van der Waals surface area contributed by atoms with Crippen molar-refractivity contribution in [3.8, 4) is 0 Å². The summed E-state index contributed by atoms with van der Waals surface area (Å²) in [4.78, 5) is 11.9. The van der Waals surface area contributed by atoms with Gasteiger partial charge in [0.05, 0.1) is 18.9 Å². The number of ether oxygens (including phenoxy) is 1. The number of rotatable bonds is 13. The Morgan fingerprint density at radius 1 is 1.21 bits per heavy atom. The third-order valence-electron chi connectivity index (χ3n) is 4.51. The largest absolute Gasteiger partial charge is 0.375 e. The molecule has 0 radical (unpaired) electrons. The molecule has 0 heterocycles. The second-order valence-electron chi connectivity index (χ2n) is 6.67. The summed E-state index contributed by atoms with van der Waals surface area (Å²) in [5, 5.41) is 13.3. The van der Waals surface area contributed by atoms with Crippen LogP contribution in [0.15, 0.2) is 58.4 Å². The molecule has 28 heavy (non-hydrogen) atoms. The fourth-order valence-corrected chi connectivity index (χ4v) is 2.80. The van der Waals surface area contributed by atoms with Crippen LogP contribution in [-0.4, -0.2) is 43.8 Å². The van der Waals surface area contributed by atoms with Gasteiger partial charge in [-0.25, -0.2) is 0 Å². The highest BCUT2D eigenvalue weighted by molar-refractivity contribution is 5.75. The molecule has 0 aromatic heterocycles. The fourth-order valence-electron chi connectivity index (χ4n) is 2.80. The predicted octanol–water partition coefficient (Wildman–Crippen LogP) is 4.37. The van der Waals surface area contributed by atoms with Crippen molar-refractivity contribution >= 4 is 11.6 Å². The van der Waals surface area contributed by atoms with E-state index in [1.165, 1.54) is 11.1 Å². The van der Waals surface area contributed by atoms with Crippen molar-refractivity contribution in [3.63, 3.8) is 0 Å². The molecule has 0 saturated carbocycles. The van der Waals surface area contributed by atoms with E-state index in [1.54, 1.807) is 0 Å². The van der Waals surface area contributed by atoms with Crippen molar-refractivity contribution in [1.29, 1.82) is 0 Å². The standard InChI is InChI=1S/C22H32N4O2/c1-3-26(4-2)25-24-21-14-12-19(13-15-21)10-7-11-22(27)23-16-17-28-18-20-8-5-6-9-20/h5,8-9,12-15H,3-4,6-7,10-11,16-18H2,1-2H3,(H,23,27)/b25-24+. The Morgan fingerprint density at radius 2 is 2.00 bits per heavy atom. The van der Waals surface area contributed by atoms with Gasteiger partial charge in [-0.15, -0.1) is 5.11 Å². The molecule has 1 amide bonds. The molecule has 1 N–H and O–H groups in total. The molecule has 1 aliphatic rings. The first-order chi connectivity index (χ1) is 13.7. The van der Waals surface area contributed by atoms with Gasteiger partial charge in [0.1, 0.15) is 0 Å². The predicted molar refractivity (Wildman–Crippen MR) is 112 cm³/mol. The molecular weight excluding hydrogens is 352 g/mol. The van der Waals surface area contributed by atoms with Crippen LogP contribution in [-0.2, 0) is 16.0 Å². The van der Waals surface area contributed by atoms with Crippen molar-refractivity contribution in [2.75, 3.05) is 32.8 Å². The highest BCUT2D eigenvalue weighted by atomic mass is 16.5.